The molecule has 0 unspecified atom stereocenters. The van der Waals surface area contributed by atoms with Crippen LogP contribution in [0.4, 0.5) is 5.69 Å². The molecule has 0 spiro atoms. The maximum absolute atomic E-state index is 11.6. The van der Waals surface area contributed by atoms with E-state index in [1.807, 2.05) is 19.0 Å². The van der Waals surface area contributed by atoms with Crippen LogP contribution in [0.5, 0.6) is 0 Å². The molecule has 5 nitrogen and oxygen atoms in total. The number of carbonyl (C=O) groups excluding carboxylic acids is 1. The summed E-state index contributed by atoms with van der Waals surface area (Å²) in [6.45, 7) is 2.04. The number of hydrogen-bond acceptors (Lipinski definition) is 4. The minimum absolute atomic E-state index is 0.130. The fourth-order valence-electron chi connectivity index (χ4n) is 1.31. The third kappa shape index (κ3) is 3.49. The highest BCUT2D eigenvalue weighted by Crippen LogP contribution is 2.03. The summed E-state index contributed by atoms with van der Waals surface area (Å²) in [5.41, 5.74) is 0.655. The Balaban J connectivity index is 2.68. The summed E-state index contributed by atoms with van der Waals surface area (Å²) in [4.78, 5) is 24.2. The van der Waals surface area contributed by atoms with Crippen molar-refractivity contribution in [3.63, 3.8) is 0 Å². The number of anilines is 1. The molecule has 0 saturated carbocycles. The van der Waals surface area contributed by atoms with Crippen LogP contribution in [0.2, 0.25) is 0 Å². The first-order valence-electron chi connectivity index (χ1n) is 5.24. The molecule has 0 aliphatic rings. The number of ketones is 1. The number of carbonyl (C=O) groups is 1. The van der Waals surface area contributed by atoms with E-state index in [-0.39, 0.29) is 11.3 Å². The molecule has 0 N–H and O–H groups in total. The summed E-state index contributed by atoms with van der Waals surface area (Å²) in [5, 5.41) is 4.05. The average Bonchev–Trinajstić information content (AvgIpc) is 2.19. The molecular formula is C11H17N3O2. The molecule has 1 aromatic rings. The molecule has 0 radical (unpaired) electrons. The summed E-state index contributed by atoms with van der Waals surface area (Å²) in [5.74, 6) is 0.137. The van der Waals surface area contributed by atoms with Gasteiger partial charge in [-0.05, 0) is 13.3 Å². The standard InChI is InChI=1S/C11H17N3O2/c1-9(15)5-4-6-14-11(16)7-10(8-12-14)13(2)3/h7-8H,4-6H2,1-3H3. The molecule has 5 heteroatoms. The molecule has 0 bridgehead atoms. The minimum Gasteiger partial charge on any atom is -0.376 e. The van der Waals surface area contributed by atoms with Crippen molar-refractivity contribution in [2.45, 2.75) is 26.3 Å². The summed E-state index contributed by atoms with van der Waals surface area (Å²) in [6.07, 6.45) is 2.79. The van der Waals surface area contributed by atoms with Gasteiger partial charge in [-0.15, -0.1) is 0 Å². The smallest absolute Gasteiger partial charge is 0.268 e. The number of aromatic nitrogens is 2. The number of hydrogen-bond donors (Lipinski definition) is 0. The second kappa shape index (κ2) is 5.44. The van der Waals surface area contributed by atoms with E-state index in [4.69, 9.17) is 0 Å². The van der Waals surface area contributed by atoms with Gasteiger partial charge in [-0.3, -0.25) is 4.79 Å². The van der Waals surface area contributed by atoms with E-state index >= 15 is 0 Å². The van der Waals surface area contributed by atoms with Gasteiger partial charge < -0.3 is 9.69 Å². The van der Waals surface area contributed by atoms with Gasteiger partial charge in [0.05, 0.1) is 11.9 Å². The maximum Gasteiger partial charge on any atom is 0.268 e. The Kier molecular flexibility index (Phi) is 4.22. The molecule has 1 rings (SSSR count). The van der Waals surface area contributed by atoms with Crippen molar-refractivity contribution in [2.75, 3.05) is 19.0 Å². The van der Waals surface area contributed by atoms with Gasteiger partial charge in [0.25, 0.3) is 5.56 Å². The zero-order valence-corrected chi connectivity index (χ0v) is 9.93. The van der Waals surface area contributed by atoms with Crippen LogP contribution in [0.1, 0.15) is 19.8 Å². The Morgan fingerprint density at radius 1 is 1.50 bits per heavy atom. The Hall–Kier alpha value is -1.65. The first kappa shape index (κ1) is 12.4. The molecule has 16 heavy (non-hydrogen) atoms. The predicted octanol–water partition coefficient (Wildman–Crippen LogP) is 0.679. The lowest BCUT2D eigenvalue weighted by atomic mass is 10.2. The first-order chi connectivity index (χ1) is 7.50. The third-order valence-electron chi connectivity index (χ3n) is 2.27. The Bertz CT molecular complexity index is 423. The van der Waals surface area contributed by atoms with Gasteiger partial charge in [0.2, 0.25) is 0 Å². The van der Waals surface area contributed by atoms with Crippen molar-refractivity contribution >= 4 is 11.5 Å². The molecular weight excluding hydrogens is 206 g/mol. The van der Waals surface area contributed by atoms with E-state index in [1.165, 1.54) is 4.68 Å². The zero-order valence-electron chi connectivity index (χ0n) is 9.93. The van der Waals surface area contributed by atoms with Crippen LogP contribution in [0, 0.1) is 0 Å². The highest BCUT2D eigenvalue weighted by atomic mass is 16.1. The molecule has 0 fully saturated rings. The molecule has 88 valence electrons. The molecule has 0 atom stereocenters. The zero-order chi connectivity index (χ0) is 12.1. The summed E-state index contributed by atoms with van der Waals surface area (Å²) >= 11 is 0. The third-order valence-corrected chi connectivity index (χ3v) is 2.27. The van der Waals surface area contributed by atoms with Gasteiger partial charge in [0.15, 0.2) is 0 Å². The van der Waals surface area contributed by atoms with Gasteiger partial charge in [0.1, 0.15) is 5.78 Å². The fourth-order valence-corrected chi connectivity index (χ4v) is 1.31. The second-order valence-corrected chi connectivity index (χ2v) is 3.98. The quantitative estimate of drug-likeness (QED) is 0.736. The van der Waals surface area contributed by atoms with Gasteiger partial charge >= 0.3 is 0 Å². The lowest BCUT2D eigenvalue weighted by Gasteiger charge is -2.12. The topological polar surface area (TPSA) is 55.2 Å². The van der Waals surface area contributed by atoms with Crippen LogP contribution in [0.3, 0.4) is 0 Å². The van der Waals surface area contributed by atoms with E-state index in [0.717, 1.165) is 5.69 Å². The Morgan fingerprint density at radius 3 is 2.69 bits per heavy atom. The molecule has 0 amide bonds. The highest BCUT2D eigenvalue weighted by Gasteiger charge is 2.02. The van der Waals surface area contributed by atoms with Gasteiger partial charge in [0, 0.05) is 33.1 Å². The maximum atomic E-state index is 11.6. The first-order valence-corrected chi connectivity index (χ1v) is 5.24. The van der Waals surface area contributed by atoms with E-state index < -0.39 is 0 Å². The largest absolute Gasteiger partial charge is 0.376 e. The summed E-state index contributed by atoms with van der Waals surface area (Å²) in [7, 11) is 3.72. The summed E-state index contributed by atoms with van der Waals surface area (Å²) < 4.78 is 1.38. The van der Waals surface area contributed by atoms with Crippen LogP contribution in [0.25, 0.3) is 0 Å². The lowest BCUT2D eigenvalue weighted by molar-refractivity contribution is -0.117. The Morgan fingerprint density at radius 2 is 2.19 bits per heavy atom. The lowest BCUT2D eigenvalue weighted by Crippen LogP contribution is -2.24. The number of aryl methyl sites for hydroxylation is 1. The SMILES string of the molecule is CC(=O)CCCn1ncc(N(C)C)cc1=O. The van der Waals surface area contributed by atoms with Crippen LogP contribution < -0.4 is 10.5 Å². The van der Waals surface area contributed by atoms with Crippen LogP contribution >= 0.6 is 0 Å². The molecule has 1 aromatic heterocycles. The highest BCUT2D eigenvalue weighted by molar-refractivity contribution is 5.75. The van der Waals surface area contributed by atoms with Crippen molar-refractivity contribution in [1.29, 1.82) is 0 Å². The normalized spacial score (nSPS) is 10.2. The van der Waals surface area contributed by atoms with Gasteiger partial charge in [-0.2, -0.15) is 5.10 Å². The van der Waals surface area contributed by atoms with Crippen molar-refractivity contribution in [3.05, 3.63) is 22.6 Å². The molecule has 0 aliphatic carbocycles. The monoisotopic (exact) mass is 223 g/mol. The summed E-state index contributed by atoms with van der Waals surface area (Å²) in [6, 6.07) is 1.54. The van der Waals surface area contributed by atoms with Crippen molar-refractivity contribution in [3.8, 4) is 0 Å². The number of nitrogens with zero attached hydrogens (tertiary/aromatic N) is 3. The molecule has 0 aliphatic heterocycles. The van der Waals surface area contributed by atoms with Crippen molar-refractivity contribution in [2.24, 2.45) is 0 Å². The van der Waals surface area contributed by atoms with Gasteiger partial charge in [-0.1, -0.05) is 0 Å². The fraction of sp³-hybridized carbons (Fsp3) is 0.545. The number of Topliss-reactive ketones (excluding diaryl/α,β-unsaturated/α-hetero) is 1. The van der Waals surface area contributed by atoms with E-state index in [2.05, 4.69) is 5.10 Å². The van der Waals surface area contributed by atoms with Crippen LogP contribution in [0.15, 0.2) is 17.1 Å². The number of rotatable bonds is 5. The second-order valence-electron chi connectivity index (χ2n) is 3.98. The molecule has 1 heterocycles. The van der Waals surface area contributed by atoms with E-state index in [0.29, 0.717) is 19.4 Å². The Labute approximate surface area is 94.7 Å². The van der Waals surface area contributed by atoms with Crippen LogP contribution in [-0.2, 0) is 11.3 Å². The van der Waals surface area contributed by atoms with Crippen LogP contribution in [-0.4, -0.2) is 29.7 Å². The minimum atomic E-state index is -0.130. The average molecular weight is 223 g/mol. The van der Waals surface area contributed by atoms with Gasteiger partial charge in [-0.25, -0.2) is 4.68 Å². The molecule has 0 saturated heterocycles. The van der Waals surface area contributed by atoms with Crippen molar-refractivity contribution in [1.82, 2.24) is 9.78 Å². The van der Waals surface area contributed by atoms with E-state index in [9.17, 15) is 9.59 Å². The van der Waals surface area contributed by atoms with E-state index in [1.54, 1.807) is 19.2 Å². The predicted molar refractivity (Wildman–Crippen MR) is 62.7 cm³/mol. The van der Waals surface area contributed by atoms with Crippen molar-refractivity contribution < 1.29 is 4.79 Å². The molecule has 0 aromatic carbocycles.